The van der Waals surface area contributed by atoms with E-state index in [1.165, 1.54) is 11.3 Å². The fourth-order valence-electron chi connectivity index (χ4n) is 2.91. The van der Waals surface area contributed by atoms with Gasteiger partial charge in [-0.25, -0.2) is 4.98 Å². The van der Waals surface area contributed by atoms with Crippen molar-refractivity contribution in [1.29, 1.82) is 0 Å². The van der Waals surface area contributed by atoms with Gasteiger partial charge in [0.2, 0.25) is 0 Å². The van der Waals surface area contributed by atoms with Crippen molar-refractivity contribution in [3.63, 3.8) is 0 Å². The molecule has 0 atom stereocenters. The van der Waals surface area contributed by atoms with Gasteiger partial charge >= 0.3 is 0 Å². The quantitative estimate of drug-likeness (QED) is 0.372. The summed E-state index contributed by atoms with van der Waals surface area (Å²) >= 11 is 19.0. The molecule has 4 aromatic rings. The Hall–Kier alpha value is -2.45. The van der Waals surface area contributed by atoms with Crippen molar-refractivity contribution in [2.45, 2.75) is 0 Å². The number of benzene rings is 3. The maximum Gasteiger partial charge on any atom is 0.258 e. The van der Waals surface area contributed by atoms with E-state index in [9.17, 15) is 4.79 Å². The van der Waals surface area contributed by atoms with Crippen LogP contribution in [0.2, 0.25) is 10.0 Å². The highest BCUT2D eigenvalue weighted by atomic mass is 35.5. The number of nitrogens with zero attached hydrogens (tertiary/aromatic N) is 1. The van der Waals surface area contributed by atoms with Crippen LogP contribution in [0.4, 0.5) is 5.13 Å². The first-order chi connectivity index (χ1) is 14.0. The monoisotopic (exact) mass is 461 g/mol. The number of thiazole rings is 1. The van der Waals surface area contributed by atoms with Crippen LogP contribution in [0.5, 0.6) is 5.75 Å². The zero-order chi connectivity index (χ0) is 20.5. The summed E-state index contributed by atoms with van der Waals surface area (Å²) in [6.45, 7) is 0. The number of carbonyl (C=O) groups is 1. The maximum atomic E-state index is 12.7. The van der Waals surface area contributed by atoms with Gasteiger partial charge in [-0.3, -0.25) is 10.1 Å². The van der Waals surface area contributed by atoms with Gasteiger partial charge in [0.15, 0.2) is 10.2 Å². The van der Waals surface area contributed by atoms with Crippen LogP contribution in [0.3, 0.4) is 0 Å². The summed E-state index contributed by atoms with van der Waals surface area (Å²) in [4.78, 5) is 17.2. The molecule has 5 nitrogen and oxygen atoms in total. The average molecular weight is 462 g/mol. The van der Waals surface area contributed by atoms with Gasteiger partial charge in [0, 0.05) is 22.0 Å². The Morgan fingerprint density at radius 1 is 1.10 bits per heavy atom. The third-order valence-corrected chi connectivity index (χ3v) is 5.99. The standard InChI is InChI=1S/C20H13Cl2N3O2S2/c1-27-16-9-17-15(8-14(16)22)23-20(29-17)25-19(28)24-18(26)12-6-2-5-11-10(12)4-3-7-13(11)21/h2-9H,1H3,(H2,23,24,25,26,28). The predicted molar refractivity (Wildman–Crippen MR) is 124 cm³/mol. The predicted octanol–water partition coefficient (Wildman–Crippen LogP) is 5.89. The second-order valence-corrected chi connectivity index (χ2v) is 8.28. The molecule has 0 fully saturated rings. The minimum absolute atomic E-state index is 0.145. The highest BCUT2D eigenvalue weighted by Gasteiger charge is 2.14. The summed E-state index contributed by atoms with van der Waals surface area (Å²) in [5, 5.41) is 8.93. The number of ether oxygens (including phenoxy) is 1. The lowest BCUT2D eigenvalue weighted by atomic mass is 10.0. The Balaban J connectivity index is 1.54. The van der Waals surface area contributed by atoms with E-state index < -0.39 is 0 Å². The molecule has 0 aliphatic rings. The summed E-state index contributed by atoms with van der Waals surface area (Å²) in [5.74, 6) is 0.237. The second-order valence-electron chi connectivity index (χ2n) is 6.02. The number of hydrogen-bond acceptors (Lipinski definition) is 5. The molecule has 0 saturated heterocycles. The van der Waals surface area contributed by atoms with Crippen LogP contribution >= 0.6 is 46.8 Å². The molecule has 0 radical (unpaired) electrons. The van der Waals surface area contributed by atoms with E-state index in [4.69, 9.17) is 40.2 Å². The molecular weight excluding hydrogens is 449 g/mol. The highest BCUT2D eigenvalue weighted by Crippen LogP contribution is 2.34. The minimum atomic E-state index is -0.332. The molecular formula is C20H13Cl2N3O2S2. The van der Waals surface area contributed by atoms with Crippen molar-refractivity contribution in [2.24, 2.45) is 0 Å². The third-order valence-electron chi connectivity index (χ3n) is 4.22. The lowest BCUT2D eigenvalue weighted by Gasteiger charge is -2.10. The van der Waals surface area contributed by atoms with E-state index in [1.807, 2.05) is 18.2 Å². The number of hydrogen-bond donors (Lipinski definition) is 2. The SMILES string of the molecule is COc1cc2sc(NC(=S)NC(=O)c3cccc4c(Cl)cccc34)nc2cc1Cl. The number of amides is 1. The molecule has 9 heteroatoms. The molecule has 4 rings (SSSR count). The van der Waals surface area contributed by atoms with Crippen molar-refractivity contribution >= 4 is 83.9 Å². The molecule has 3 aromatic carbocycles. The van der Waals surface area contributed by atoms with Crippen molar-refractivity contribution in [2.75, 3.05) is 12.4 Å². The smallest absolute Gasteiger partial charge is 0.258 e. The summed E-state index contributed by atoms with van der Waals surface area (Å²) < 4.78 is 6.10. The Morgan fingerprint density at radius 3 is 2.66 bits per heavy atom. The zero-order valence-electron chi connectivity index (χ0n) is 15.0. The Kier molecular flexibility index (Phi) is 5.56. The van der Waals surface area contributed by atoms with Gasteiger partial charge in [-0.1, -0.05) is 58.8 Å². The Morgan fingerprint density at radius 2 is 1.86 bits per heavy atom. The molecule has 1 aromatic heterocycles. The first-order valence-corrected chi connectivity index (χ1v) is 10.4. The number of rotatable bonds is 3. The summed E-state index contributed by atoms with van der Waals surface area (Å²) in [7, 11) is 1.55. The number of carbonyl (C=O) groups excluding carboxylic acids is 1. The van der Waals surface area contributed by atoms with Gasteiger partial charge < -0.3 is 10.1 Å². The van der Waals surface area contributed by atoms with Gasteiger partial charge in [-0.2, -0.15) is 0 Å². The molecule has 146 valence electrons. The fraction of sp³-hybridized carbons (Fsp3) is 0.0500. The van der Waals surface area contributed by atoms with Crippen LogP contribution in [0.15, 0.2) is 48.5 Å². The third kappa shape index (κ3) is 4.00. The van der Waals surface area contributed by atoms with Gasteiger partial charge in [0.1, 0.15) is 5.75 Å². The largest absolute Gasteiger partial charge is 0.495 e. The number of anilines is 1. The number of fused-ring (bicyclic) bond motifs is 2. The van der Waals surface area contributed by atoms with E-state index in [-0.39, 0.29) is 11.0 Å². The first-order valence-electron chi connectivity index (χ1n) is 8.40. The highest BCUT2D eigenvalue weighted by molar-refractivity contribution is 7.80. The number of aromatic nitrogens is 1. The van der Waals surface area contributed by atoms with Crippen LogP contribution in [0.1, 0.15) is 10.4 Å². The fourth-order valence-corrected chi connectivity index (χ4v) is 4.52. The van der Waals surface area contributed by atoms with Crippen LogP contribution in [-0.4, -0.2) is 23.1 Å². The van der Waals surface area contributed by atoms with E-state index in [0.717, 1.165) is 15.5 Å². The molecule has 1 heterocycles. The van der Waals surface area contributed by atoms with Gasteiger partial charge in [-0.15, -0.1) is 0 Å². The number of nitrogens with one attached hydrogen (secondary N) is 2. The van der Waals surface area contributed by atoms with E-state index in [1.54, 1.807) is 37.4 Å². The molecule has 0 aliphatic heterocycles. The molecule has 0 bridgehead atoms. The van der Waals surface area contributed by atoms with Crippen LogP contribution in [-0.2, 0) is 0 Å². The zero-order valence-corrected chi connectivity index (χ0v) is 18.1. The van der Waals surface area contributed by atoms with Gasteiger partial charge in [-0.05, 0) is 35.8 Å². The topological polar surface area (TPSA) is 63.2 Å². The first kappa shape index (κ1) is 19.8. The summed E-state index contributed by atoms with van der Waals surface area (Å²) in [6, 6.07) is 14.3. The molecule has 29 heavy (non-hydrogen) atoms. The van der Waals surface area contributed by atoms with Gasteiger partial charge in [0.25, 0.3) is 5.91 Å². The van der Waals surface area contributed by atoms with E-state index in [0.29, 0.717) is 32.0 Å². The van der Waals surface area contributed by atoms with Crippen LogP contribution in [0, 0.1) is 0 Å². The molecule has 0 unspecified atom stereocenters. The van der Waals surface area contributed by atoms with E-state index >= 15 is 0 Å². The minimum Gasteiger partial charge on any atom is -0.495 e. The molecule has 1 amide bonds. The lowest BCUT2D eigenvalue weighted by Crippen LogP contribution is -2.34. The Labute approximate surface area is 185 Å². The molecule has 2 N–H and O–H groups in total. The van der Waals surface area contributed by atoms with Crippen molar-refractivity contribution in [3.05, 3.63) is 64.1 Å². The number of thiocarbonyl (C=S) groups is 1. The van der Waals surface area contributed by atoms with Crippen LogP contribution in [0.25, 0.3) is 21.0 Å². The summed E-state index contributed by atoms with van der Waals surface area (Å²) in [5.41, 5.74) is 1.19. The van der Waals surface area contributed by atoms with Crippen molar-refractivity contribution in [3.8, 4) is 5.75 Å². The van der Waals surface area contributed by atoms with Crippen LogP contribution < -0.4 is 15.4 Å². The molecule has 0 aliphatic carbocycles. The molecule has 0 spiro atoms. The maximum absolute atomic E-state index is 12.7. The summed E-state index contributed by atoms with van der Waals surface area (Å²) in [6.07, 6.45) is 0. The number of halogens is 2. The lowest BCUT2D eigenvalue weighted by molar-refractivity contribution is 0.0979. The number of methoxy groups -OCH3 is 1. The van der Waals surface area contributed by atoms with Gasteiger partial charge in [0.05, 0.1) is 22.3 Å². The normalized spacial score (nSPS) is 10.9. The van der Waals surface area contributed by atoms with E-state index in [2.05, 4.69) is 15.6 Å². The Bertz CT molecular complexity index is 1270. The van der Waals surface area contributed by atoms with Crippen molar-refractivity contribution < 1.29 is 9.53 Å². The second kappa shape index (κ2) is 8.12. The van der Waals surface area contributed by atoms with Crippen molar-refractivity contribution in [1.82, 2.24) is 10.3 Å². The molecule has 0 saturated carbocycles. The average Bonchev–Trinajstić information content (AvgIpc) is 3.07.